The van der Waals surface area contributed by atoms with Crippen LogP contribution in [0.25, 0.3) is 0 Å². The van der Waals surface area contributed by atoms with Gasteiger partial charge in [-0.05, 0) is 35.8 Å². The second-order valence-corrected chi connectivity index (χ2v) is 5.16. The van der Waals surface area contributed by atoms with Gasteiger partial charge in [-0.2, -0.15) is 0 Å². The summed E-state index contributed by atoms with van der Waals surface area (Å²) in [5.74, 6) is 1.50. The van der Waals surface area contributed by atoms with E-state index in [4.69, 9.17) is 10.5 Å². The molecule has 2 N–H and O–H groups in total. The summed E-state index contributed by atoms with van der Waals surface area (Å²) in [6, 6.07) is 9.33. The molecular formula is C15H24O2. The van der Waals surface area contributed by atoms with Gasteiger partial charge in [0.15, 0.2) is 0 Å². The molecule has 96 valence electrons. The average molecular weight is 236 g/mol. The summed E-state index contributed by atoms with van der Waals surface area (Å²) in [6.07, 6.45) is 7.11. The van der Waals surface area contributed by atoms with Crippen LogP contribution >= 0.6 is 0 Å². The van der Waals surface area contributed by atoms with Crippen LogP contribution in [0, 0.1) is 0 Å². The molecule has 0 heterocycles. The Hall–Kier alpha value is -0.860. The van der Waals surface area contributed by atoms with Crippen LogP contribution in [-0.2, 0) is 0 Å². The van der Waals surface area contributed by atoms with E-state index >= 15 is 0 Å². The molecule has 0 aromatic heterocycles. The van der Waals surface area contributed by atoms with Crippen LogP contribution in [0.4, 0.5) is 0 Å². The molecule has 0 radical (unpaired) electrons. The molecular weight excluding hydrogens is 212 g/mol. The van der Waals surface area contributed by atoms with Crippen molar-refractivity contribution in [3.05, 3.63) is 35.4 Å². The molecule has 2 heteroatoms. The topological polar surface area (TPSA) is 40.5 Å². The lowest BCUT2D eigenvalue weighted by atomic mass is 9.83. The van der Waals surface area contributed by atoms with Crippen molar-refractivity contribution in [2.24, 2.45) is 0 Å². The molecule has 1 aromatic rings. The van der Waals surface area contributed by atoms with E-state index in [1.807, 2.05) is 0 Å². The van der Waals surface area contributed by atoms with Gasteiger partial charge in [-0.3, -0.25) is 10.5 Å². The summed E-state index contributed by atoms with van der Waals surface area (Å²) in [4.78, 5) is 0. The molecule has 2 rings (SSSR count). The summed E-state index contributed by atoms with van der Waals surface area (Å²) in [5.41, 5.74) is 3.04. The molecule has 2 nitrogen and oxygen atoms in total. The predicted octanol–water partition coefficient (Wildman–Crippen LogP) is 4.88. The molecule has 0 atom stereocenters. The Morgan fingerprint density at radius 1 is 0.941 bits per heavy atom. The second-order valence-electron chi connectivity index (χ2n) is 5.16. The lowest BCUT2D eigenvalue weighted by molar-refractivity contribution is -0.176. The van der Waals surface area contributed by atoms with E-state index in [0.29, 0.717) is 5.92 Å². The van der Waals surface area contributed by atoms with Crippen LogP contribution in [0.1, 0.15) is 68.9 Å². The molecule has 0 aliphatic heterocycles. The van der Waals surface area contributed by atoms with E-state index in [1.54, 1.807) is 5.56 Å². The van der Waals surface area contributed by atoms with Crippen LogP contribution in [0.3, 0.4) is 0 Å². The minimum Gasteiger partial charge on any atom is -0.255 e. The molecule has 0 unspecified atom stereocenters. The smallest absolute Gasteiger partial charge is 0.0162 e. The van der Waals surface area contributed by atoms with Crippen LogP contribution < -0.4 is 0 Å². The molecule has 0 spiro atoms. The van der Waals surface area contributed by atoms with Gasteiger partial charge in [0.2, 0.25) is 0 Å². The Bertz CT molecular complexity index is 297. The van der Waals surface area contributed by atoms with Crippen molar-refractivity contribution in [1.82, 2.24) is 0 Å². The zero-order chi connectivity index (χ0) is 12.7. The number of hydrogen-bond acceptors (Lipinski definition) is 2. The first-order valence-electron chi connectivity index (χ1n) is 6.57. The monoisotopic (exact) mass is 236 g/mol. The van der Waals surface area contributed by atoms with Gasteiger partial charge >= 0.3 is 0 Å². The standard InChI is InChI=1S/C15H22.H2O2/c1-12(2)13-8-10-15(11-9-13)14-6-4-3-5-7-14;1-2/h8-12,14H,3-7H2,1-2H3;1-2H. The minimum absolute atomic E-state index is 0.658. The van der Waals surface area contributed by atoms with E-state index in [9.17, 15) is 0 Å². The SMILES string of the molecule is CC(C)c1ccc(C2CCCCC2)cc1.OO. The van der Waals surface area contributed by atoms with E-state index in [1.165, 1.54) is 37.7 Å². The van der Waals surface area contributed by atoms with Gasteiger partial charge in [0.25, 0.3) is 0 Å². The Labute approximate surface area is 104 Å². The van der Waals surface area contributed by atoms with Crippen LogP contribution in [0.15, 0.2) is 24.3 Å². The third kappa shape index (κ3) is 4.14. The first-order chi connectivity index (χ1) is 8.27. The fraction of sp³-hybridized carbons (Fsp3) is 0.600. The van der Waals surface area contributed by atoms with Crippen molar-refractivity contribution >= 4 is 0 Å². The van der Waals surface area contributed by atoms with E-state index in [-0.39, 0.29) is 0 Å². The highest BCUT2D eigenvalue weighted by atomic mass is 17.0. The van der Waals surface area contributed by atoms with Gasteiger partial charge in [-0.1, -0.05) is 57.4 Å². The van der Waals surface area contributed by atoms with E-state index in [0.717, 1.165) is 5.92 Å². The maximum absolute atomic E-state index is 6.00. The van der Waals surface area contributed by atoms with Crippen molar-refractivity contribution in [1.29, 1.82) is 0 Å². The predicted molar refractivity (Wildman–Crippen MR) is 71.6 cm³/mol. The van der Waals surface area contributed by atoms with Crippen molar-refractivity contribution in [3.8, 4) is 0 Å². The molecule has 17 heavy (non-hydrogen) atoms. The van der Waals surface area contributed by atoms with Crippen LogP contribution in [0.5, 0.6) is 0 Å². The number of hydrogen-bond donors (Lipinski definition) is 2. The van der Waals surface area contributed by atoms with Gasteiger partial charge < -0.3 is 0 Å². The third-order valence-electron chi connectivity index (χ3n) is 3.68. The molecule has 1 aromatic carbocycles. The van der Waals surface area contributed by atoms with Crippen molar-refractivity contribution in [2.75, 3.05) is 0 Å². The van der Waals surface area contributed by atoms with Crippen molar-refractivity contribution in [3.63, 3.8) is 0 Å². The second kappa shape index (κ2) is 7.46. The highest BCUT2D eigenvalue weighted by molar-refractivity contribution is 5.27. The van der Waals surface area contributed by atoms with Crippen LogP contribution in [0.2, 0.25) is 0 Å². The molecule has 0 amide bonds. The average Bonchev–Trinajstić information content (AvgIpc) is 2.42. The summed E-state index contributed by atoms with van der Waals surface area (Å²) in [6.45, 7) is 4.52. The largest absolute Gasteiger partial charge is 0.255 e. The number of benzene rings is 1. The zero-order valence-corrected chi connectivity index (χ0v) is 10.9. The maximum atomic E-state index is 6.00. The van der Waals surface area contributed by atoms with Gasteiger partial charge in [-0.25, -0.2) is 0 Å². The first-order valence-corrected chi connectivity index (χ1v) is 6.57. The quantitative estimate of drug-likeness (QED) is 0.567. The molecule has 1 saturated carbocycles. The normalized spacial score (nSPS) is 16.5. The molecule has 0 bridgehead atoms. The summed E-state index contributed by atoms with van der Waals surface area (Å²) in [7, 11) is 0. The van der Waals surface area contributed by atoms with E-state index < -0.39 is 0 Å². The first kappa shape index (κ1) is 14.2. The fourth-order valence-corrected chi connectivity index (χ4v) is 2.59. The Kier molecular flexibility index (Phi) is 6.23. The lowest BCUT2D eigenvalue weighted by Crippen LogP contribution is -2.04. The van der Waals surface area contributed by atoms with Crippen LogP contribution in [-0.4, -0.2) is 10.5 Å². The third-order valence-corrected chi connectivity index (χ3v) is 3.68. The fourth-order valence-electron chi connectivity index (χ4n) is 2.59. The Balaban J connectivity index is 0.000000686. The zero-order valence-electron chi connectivity index (χ0n) is 10.9. The highest BCUT2D eigenvalue weighted by Crippen LogP contribution is 2.32. The molecule has 1 aliphatic rings. The molecule has 1 aliphatic carbocycles. The van der Waals surface area contributed by atoms with Crippen molar-refractivity contribution < 1.29 is 10.5 Å². The van der Waals surface area contributed by atoms with Gasteiger partial charge in [0.1, 0.15) is 0 Å². The summed E-state index contributed by atoms with van der Waals surface area (Å²) < 4.78 is 0. The van der Waals surface area contributed by atoms with Gasteiger partial charge in [0.05, 0.1) is 0 Å². The highest BCUT2D eigenvalue weighted by Gasteiger charge is 2.15. The van der Waals surface area contributed by atoms with Gasteiger partial charge in [-0.15, -0.1) is 0 Å². The van der Waals surface area contributed by atoms with E-state index in [2.05, 4.69) is 38.1 Å². The minimum atomic E-state index is 0.658. The lowest BCUT2D eigenvalue weighted by Gasteiger charge is -2.22. The Morgan fingerprint density at radius 3 is 1.94 bits per heavy atom. The van der Waals surface area contributed by atoms with Crippen molar-refractivity contribution in [2.45, 2.75) is 57.8 Å². The summed E-state index contributed by atoms with van der Waals surface area (Å²) in [5, 5.41) is 12.0. The molecule has 1 fully saturated rings. The molecule has 0 saturated heterocycles. The number of rotatable bonds is 2. The van der Waals surface area contributed by atoms with Gasteiger partial charge in [0, 0.05) is 0 Å². The Morgan fingerprint density at radius 2 is 1.47 bits per heavy atom. The summed E-state index contributed by atoms with van der Waals surface area (Å²) >= 11 is 0. The maximum Gasteiger partial charge on any atom is -0.0162 e.